The number of hydrogen-bond acceptors (Lipinski definition) is 4. The van der Waals surface area contributed by atoms with Crippen LogP contribution in [0.15, 0.2) is 0 Å². The summed E-state index contributed by atoms with van der Waals surface area (Å²) in [5.74, 6) is 0.0478. The van der Waals surface area contributed by atoms with E-state index in [4.69, 9.17) is 14.2 Å². The van der Waals surface area contributed by atoms with Gasteiger partial charge in [-0.15, -0.1) is 0 Å². The lowest BCUT2D eigenvalue weighted by atomic mass is 9.89. The summed E-state index contributed by atoms with van der Waals surface area (Å²) in [7, 11) is 0. The van der Waals surface area contributed by atoms with Crippen molar-refractivity contribution in [1.29, 1.82) is 0 Å². The molecule has 1 unspecified atom stereocenters. The van der Waals surface area contributed by atoms with E-state index in [9.17, 15) is 4.79 Å². The molecule has 4 heteroatoms. The molecule has 194 valence electrons. The predicted molar refractivity (Wildman–Crippen MR) is 136 cm³/mol. The monoisotopic (exact) mass is 466 g/mol. The number of rotatable bonds is 21. The minimum absolute atomic E-state index is 0.0258. The van der Waals surface area contributed by atoms with Crippen molar-refractivity contribution in [1.82, 2.24) is 0 Å². The molecule has 2 saturated heterocycles. The largest absolute Gasteiger partial charge is 0.461 e. The molecule has 2 aliphatic rings. The first-order valence-corrected chi connectivity index (χ1v) is 14.7. The maximum absolute atomic E-state index is 11.7. The molecule has 4 atom stereocenters. The van der Waals surface area contributed by atoms with Gasteiger partial charge in [0.05, 0.1) is 12.0 Å². The van der Waals surface area contributed by atoms with Crippen molar-refractivity contribution >= 4 is 5.97 Å². The van der Waals surface area contributed by atoms with Gasteiger partial charge in [0.15, 0.2) is 6.29 Å². The SMILES string of the molecule is CCCCCCCCCCCCCCCCC[C@H](C[C@@H]1OC(=O)[C@H]1CC)OC1CCCCO1. The maximum atomic E-state index is 11.7. The number of carbonyl (C=O) groups is 1. The van der Waals surface area contributed by atoms with Crippen LogP contribution in [-0.2, 0) is 19.0 Å². The first-order chi connectivity index (χ1) is 16.2. The van der Waals surface area contributed by atoms with E-state index < -0.39 is 0 Å². The van der Waals surface area contributed by atoms with E-state index in [-0.39, 0.29) is 30.4 Å². The van der Waals surface area contributed by atoms with E-state index in [2.05, 4.69) is 13.8 Å². The molecule has 2 fully saturated rings. The van der Waals surface area contributed by atoms with E-state index in [0.717, 1.165) is 38.7 Å². The summed E-state index contributed by atoms with van der Waals surface area (Å²) in [6, 6.07) is 0. The zero-order valence-corrected chi connectivity index (χ0v) is 22.0. The topological polar surface area (TPSA) is 44.8 Å². The average molecular weight is 467 g/mol. The normalized spacial score (nSPS) is 23.8. The predicted octanol–water partition coefficient (Wildman–Crippen LogP) is 8.50. The Kier molecular flexibility index (Phi) is 16.2. The van der Waals surface area contributed by atoms with Crippen molar-refractivity contribution in [2.75, 3.05) is 6.61 Å². The molecule has 0 spiro atoms. The molecule has 0 aromatic heterocycles. The third-order valence-electron chi connectivity index (χ3n) is 7.57. The fraction of sp³-hybridized carbons (Fsp3) is 0.966. The summed E-state index contributed by atoms with van der Waals surface area (Å²) in [5.41, 5.74) is 0. The lowest BCUT2D eigenvalue weighted by molar-refractivity contribution is -0.210. The van der Waals surface area contributed by atoms with Crippen molar-refractivity contribution in [2.45, 2.75) is 167 Å². The second-order valence-electron chi connectivity index (χ2n) is 10.5. The first-order valence-electron chi connectivity index (χ1n) is 14.7. The molecule has 2 aliphatic heterocycles. The zero-order valence-electron chi connectivity index (χ0n) is 22.0. The maximum Gasteiger partial charge on any atom is 0.313 e. The molecule has 0 radical (unpaired) electrons. The number of esters is 1. The number of cyclic esters (lactones) is 1. The number of ether oxygens (including phenoxy) is 3. The molecule has 0 amide bonds. The molecular weight excluding hydrogens is 412 g/mol. The van der Waals surface area contributed by atoms with Gasteiger partial charge in [-0.1, -0.05) is 110 Å². The Morgan fingerprint density at radius 1 is 0.818 bits per heavy atom. The summed E-state index contributed by atoms with van der Waals surface area (Å²) >= 11 is 0. The Hall–Kier alpha value is -0.610. The summed E-state index contributed by atoms with van der Waals surface area (Å²) in [5, 5.41) is 0. The molecule has 4 nitrogen and oxygen atoms in total. The third kappa shape index (κ3) is 12.6. The van der Waals surface area contributed by atoms with Gasteiger partial charge in [-0.3, -0.25) is 4.79 Å². The lowest BCUT2D eigenvalue weighted by Crippen LogP contribution is -2.47. The number of unbranched alkanes of at least 4 members (excludes halogenated alkanes) is 14. The van der Waals surface area contributed by atoms with Crippen molar-refractivity contribution < 1.29 is 19.0 Å². The molecule has 0 aromatic carbocycles. The summed E-state index contributed by atoms with van der Waals surface area (Å²) in [6.45, 7) is 5.18. The number of carbonyl (C=O) groups excluding carboxylic acids is 1. The molecule has 0 aliphatic carbocycles. The second kappa shape index (κ2) is 18.7. The van der Waals surface area contributed by atoms with Gasteiger partial charge in [-0.2, -0.15) is 0 Å². The molecule has 0 saturated carbocycles. The summed E-state index contributed by atoms with van der Waals surface area (Å²) in [6.07, 6.45) is 27.0. The van der Waals surface area contributed by atoms with Crippen LogP contribution in [0, 0.1) is 5.92 Å². The van der Waals surface area contributed by atoms with Crippen LogP contribution in [0.1, 0.15) is 149 Å². The minimum Gasteiger partial charge on any atom is -0.461 e. The number of hydrogen-bond donors (Lipinski definition) is 0. The Morgan fingerprint density at radius 2 is 1.39 bits per heavy atom. The molecule has 2 heterocycles. The highest BCUT2D eigenvalue weighted by Gasteiger charge is 2.42. The average Bonchev–Trinajstić information content (AvgIpc) is 2.82. The van der Waals surface area contributed by atoms with E-state index in [1.54, 1.807) is 0 Å². The van der Waals surface area contributed by atoms with E-state index >= 15 is 0 Å². The third-order valence-corrected chi connectivity index (χ3v) is 7.57. The van der Waals surface area contributed by atoms with Crippen molar-refractivity contribution in [3.05, 3.63) is 0 Å². The second-order valence-corrected chi connectivity index (χ2v) is 10.5. The molecule has 2 rings (SSSR count). The highest BCUT2D eigenvalue weighted by atomic mass is 16.7. The molecule has 0 bridgehead atoms. The van der Waals surface area contributed by atoms with Crippen LogP contribution in [0.3, 0.4) is 0 Å². The quantitative estimate of drug-likeness (QED) is 0.126. The fourth-order valence-electron chi connectivity index (χ4n) is 5.32. The van der Waals surface area contributed by atoms with Crippen LogP contribution in [-0.4, -0.2) is 31.1 Å². The van der Waals surface area contributed by atoms with Gasteiger partial charge < -0.3 is 14.2 Å². The van der Waals surface area contributed by atoms with E-state index in [0.29, 0.717) is 0 Å². The van der Waals surface area contributed by atoms with Gasteiger partial charge in [-0.05, 0) is 32.1 Å². The molecular formula is C29H54O4. The van der Waals surface area contributed by atoms with Crippen molar-refractivity contribution in [3.63, 3.8) is 0 Å². The van der Waals surface area contributed by atoms with Crippen LogP contribution in [0.4, 0.5) is 0 Å². The standard InChI is InChI=1S/C29H54O4/c1-3-5-6-7-8-9-10-11-12-13-14-15-16-17-18-21-25(32-28-22-19-20-23-31-28)24-27-26(4-2)29(30)33-27/h25-28H,3-24H2,1-2H3/t25-,26+,27+,28?/m1/s1. The fourth-order valence-corrected chi connectivity index (χ4v) is 5.32. The molecule has 33 heavy (non-hydrogen) atoms. The minimum atomic E-state index is -0.0593. The van der Waals surface area contributed by atoms with Gasteiger partial charge in [0, 0.05) is 13.0 Å². The first kappa shape index (κ1) is 28.6. The van der Waals surface area contributed by atoms with Gasteiger partial charge in [0.2, 0.25) is 0 Å². The van der Waals surface area contributed by atoms with Crippen molar-refractivity contribution in [2.24, 2.45) is 5.92 Å². The van der Waals surface area contributed by atoms with Crippen molar-refractivity contribution in [3.8, 4) is 0 Å². The van der Waals surface area contributed by atoms with E-state index in [1.165, 1.54) is 103 Å². The lowest BCUT2D eigenvalue weighted by Gasteiger charge is -2.37. The van der Waals surface area contributed by atoms with Crippen LogP contribution < -0.4 is 0 Å². The molecule has 0 aromatic rings. The Labute approximate surface area is 204 Å². The Morgan fingerprint density at radius 3 is 1.88 bits per heavy atom. The molecule has 0 N–H and O–H groups in total. The van der Waals surface area contributed by atoms with Crippen LogP contribution in [0.2, 0.25) is 0 Å². The van der Waals surface area contributed by atoms with Crippen LogP contribution in [0.25, 0.3) is 0 Å². The summed E-state index contributed by atoms with van der Waals surface area (Å²) < 4.78 is 17.6. The highest BCUT2D eigenvalue weighted by Crippen LogP contribution is 2.31. The van der Waals surface area contributed by atoms with Gasteiger partial charge >= 0.3 is 5.97 Å². The Balaban J connectivity index is 1.47. The summed E-state index contributed by atoms with van der Waals surface area (Å²) in [4.78, 5) is 11.7. The van der Waals surface area contributed by atoms with Crippen LogP contribution in [0.5, 0.6) is 0 Å². The van der Waals surface area contributed by atoms with Gasteiger partial charge in [0.1, 0.15) is 6.10 Å². The van der Waals surface area contributed by atoms with E-state index in [1.807, 2.05) is 0 Å². The smallest absolute Gasteiger partial charge is 0.313 e. The highest BCUT2D eigenvalue weighted by molar-refractivity contribution is 5.78. The zero-order chi connectivity index (χ0) is 23.6. The van der Waals surface area contributed by atoms with Gasteiger partial charge in [0.25, 0.3) is 0 Å². The Bertz CT molecular complexity index is 474. The van der Waals surface area contributed by atoms with Gasteiger partial charge in [-0.25, -0.2) is 0 Å². The van der Waals surface area contributed by atoms with Crippen LogP contribution >= 0.6 is 0 Å².